The number of likely N-dealkylation sites (tertiary alicyclic amines) is 1. The molecular weight excluding hydrogens is 1870 g/mol. The number of aliphatic carboxylic acids is 5. The van der Waals surface area contributed by atoms with Crippen LogP contribution in [-0.2, 0) is 73.6 Å². The van der Waals surface area contributed by atoms with Crippen LogP contribution in [-0.4, -0.2) is 229 Å². The number of guanidine groups is 1. The number of nitrogens with zero attached hydrogens (tertiary/aromatic N) is 7. The molecule has 0 radical (unpaired) electrons. The number of thioether (sulfide) groups is 1. The number of benzene rings is 6. The van der Waals surface area contributed by atoms with E-state index in [1.54, 1.807) is 48.2 Å². The number of amides is 9. The van der Waals surface area contributed by atoms with E-state index in [1.165, 1.54) is 54.0 Å². The molecule has 21 N–H and O–H groups in total. The van der Waals surface area contributed by atoms with Gasteiger partial charge in [-0.2, -0.15) is 21.8 Å². The van der Waals surface area contributed by atoms with Gasteiger partial charge < -0.3 is 99.0 Å². The number of fused-ring (bicyclic) bond motifs is 6. The van der Waals surface area contributed by atoms with Crippen molar-refractivity contribution in [1.82, 2.24) is 56.2 Å². The Morgan fingerprint density at radius 3 is 1.88 bits per heavy atom. The third-order valence-corrected chi connectivity index (χ3v) is 24.4. The van der Waals surface area contributed by atoms with Crippen LogP contribution in [0.15, 0.2) is 148 Å². The number of hydrogen-bond acceptors (Lipinski definition) is 27. The highest BCUT2D eigenvalue weighted by Gasteiger charge is 2.40. The molecule has 0 spiro atoms. The number of carboxylic acids is 5. The number of carboxylic acid groups (broad SMARTS) is 5. The minimum Gasteiger partial charge on any atom is -0.481 e. The maximum Gasteiger partial charge on any atom is 0.339 e. The molecule has 12 rings (SSSR count). The van der Waals surface area contributed by atoms with Crippen molar-refractivity contribution >= 4 is 202 Å². The zero-order valence-electron chi connectivity index (χ0n) is 77.0. The Labute approximate surface area is 812 Å². The number of rotatable bonds is 48. The Balaban J connectivity index is 0.000000270. The molecule has 3 unspecified atom stereocenters. The van der Waals surface area contributed by atoms with Gasteiger partial charge in [0, 0.05) is 119 Å². The van der Waals surface area contributed by atoms with Gasteiger partial charge in [0.05, 0.1) is 97.9 Å². The molecule has 2 aliphatic rings. The number of hydrazone groups is 1. The number of anilines is 5. The highest BCUT2D eigenvalue weighted by atomic mass is 35.5. The first-order valence-electron chi connectivity index (χ1n) is 44.5. The summed E-state index contributed by atoms with van der Waals surface area (Å²) in [5.74, 6) is -19.8. The van der Waals surface area contributed by atoms with E-state index in [4.69, 9.17) is 38.3 Å². The van der Waals surface area contributed by atoms with E-state index in [2.05, 4.69) is 83.4 Å². The molecule has 0 aliphatic carbocycles. The molecule has 141 heavy (non-hydrogen) atoms. The fourth-order valence-electron chi connectivity index (χ4n) is 15.7. The topological polar surface area (TPSA) is 689 Å². The van der Waals surface area contributed by atoms with Crippen molar-refractivity contribution in [2.45, 2.75) is 153 Å². The summed E-state index contributed by atoms with van der Waals surface area (Å²) in [5.41, 5.74) is 27.6. The number of aromatic nitrogens is 6. The number of nitrogen functional groups attached to an aromatic ring is 1. The van der Waals surface area contributed by atoms with Crippen LogP contribution < -0.4 is 65.0 Å². The summed E-state index contributed by atoms with van der Waals surface area (Å²) in [7, 11) is 0. The largest absolute Gasteiger partial charge is 0.481 e. The van der Waals surface area contributed by atoms with Crippen LogP contribution in [0.25, 0.3) is 43.7 Å². The van der Waals surface area contributed by atoms with Gasteiger partial charge in [-0.3, -0.25) is 86.8 Å². The number of aryl methyl sites for hydroxylation is 2. The number of halogens is 1. The first-order chi connectivity index (χ1) is 67.2. The third kappa shape index (κ3) is 29.1. The van der Waals surface area contributed by atoms with Crippen LogP contribution in [0.5, 0.6) is 0 Å². The monoisotopic (exact) mass is 1980 g/mol. The van der Waals surface area contributed by atoms with Crippen LogP contribution in [0.4, 0.5) is 33.5 Å². The van der Waals surface area contributed by atoms with E-state index in [0.717, 1.165) is 49.6 Å². The molecule has 9 amide bonds. The Bertz CT molecular complexity index is 6580. The van der Waals surface area contributed by atoms with E-state index >= 15 is 0 Å². The van der Waals surface area contributed by atoms with Crippen molar-refractivity contribution in [2.75, 3.05) is 65.7 Å². The van der Waals surface area contributed by atoms with Gasteiger partial charge in [-0.1, -0.05) is 61.0 Å². The number of H-pyrrole nitrogens is 3. The zero-order chi connectivity index (χ0) is 102. The van der Waals surface area contributed by atoms with Gasteiger partial charge in [0.15, 0.2) is 35.0 Å². The van der Waals surface area contributed by atoms with Crippen molar-refractivity contribution in [3.63, 3.8) is 0 Å². The number of nitrogens with one attached hydrogen (secondary N) is 10. The SMILES string of the molecule is CC[C@@H](CC(=O)[C@H](CC(=O)O)NC(=O)[C@H](CC(=O)O)CC(=O)[C@H](CCCN=C(N)N)NC(=O)[C@H](CC(=O)O)CC(=O)CC[C@H](NC(=O)c1ccc(NCc2cnc3nc(N)[nH]c(=O)c3n2)cc1)C(=O)O)C(=O)O.CSC1CC(=O)N(CCOC(OCC/C(C)=N\NC(=O)Nc2ccc3[nH]c(C(=O)Nc4ccc5[nH]c(C(=O)N6CC(Cl)c7c6cc(C)c6ccccc76)cc5c4)cc3c2)c2ccc(C)cc2)C1=O. The number of Topliss-reactive ketones (excluding diaryl/α,β-unsaturated/α-hetero) is 3. The van der Waals surface area contributed by atoms with Gasteiger partial charge in [-0.25, -0.2) is 25.0 Å². The number of nitrogens with two attached hydrogens (primary N) is 3. The second-order valence-electron chi connectivity index (χ2n) is 33.5. The molecule has 0 saturated carbocycles. The summed E-state index contributed by atoms with van der Waals surface area (Å²) >= 11 is 8.22. The molecule has 4 aromatic heterocycles. The highest BCUT2D eigenvalue weighted by molar-refractivity contribution is 8.00. The Morgan fingerprint density at radius 2 is 1.25 bits per heavy atom. The summed E-state index contributed by atoms with van der Waals surface area (Å²) in [6, 6.07) is 32.1. The molecule has 10 aromatic rings. The summed E-state index contributed by atoms with van der Waals surface area (Å²) in [5, 5.41) is 70.5. The summed E-state index contributed by atoms with van der Waals surface area (Å²) < 4.78 is 12.1. The number of aliphatic imine (C=N–C) groups is 1. The van der Waals surface area contributed by atoms with Gasteiger partial charge >= 0.3 is 35.9 Å². The van der Waals surface area contributed by atoms with E-state index in [1.807, 2.05) is 80.8 Å². The van der Waals surface area contributed by atoms with Crippen LogP contribution in [0.2, 0.25) is 0 Å². The molecule has 0 bridgehead atoms. The summed E-state index contributed by atoms with van der Waals surface area (Å²) in [4.78, 5) is 244. The van der Waals surface area contributed by atoms with Crippen molar-refractivity contribution in [1.29, 1.82) is 0 Å². The Kier molecular flexibility index (Phi) is 36.6. The van der Waals surface area contributed by atoms with Gasteiger partial charge in [-0.05, 0) is 148 Å². The van der Waals surface area contributed by atoms with Crippen molar-refractivity contribution in [2.24, 2.45) is 39.3 Å². The van der Waals surface area contributed by atoms with Gasteiger partial charge in [0.25, 0.3) is 23.3 Å². The average Bonchev–Trinajstić information content (AvgIpc) is 1.59. The Morgan fingerprint density at radius 1 is 0.638 bits per heavy atom. The van der Waals surface area contributed by atoms with Crippen LogP contribution in [0.3, 0.4) is 0 Å². The van der Waals surface area contributed by atoms with E-state index in [9.17, 15) is 107 Å². The second-order valence-corrected chi connectivity index (χ2v) is 35.1. The lowest BCUT2D eigenvalue weighted by Crippen LogP contribution is -2.48. The van der Waals surface area contributed by atoms with Gasteiger partial charge in [0.2, 0.25) is 29.6 Å². The number of ether oxygens (including phenoxy) is 2. The number of ketones is 3. The number of aromatic amines is 3. The lowest BCUT2D eigenvalue weighted by atomic mass is 9.90. The molecule has 46 heteroatoms. The first-order valence-corrected chi connectivity index (χ1v) is 46.2. The molecule has 2 aliphatic heterocycles. The minimum absolute atomic E-state index is 0.0230. The fourth-order valence-corrected chi connectivity index (χ4v) is 16.7. The normalized spacial score (nSPS) is 14.9. The molecule has 742 valence electrons. The molecule has 6 heterocycles. The molecule has 1 fully saturated rings. The van der Waals surface area contributed by atoms with Crippen LogP contribution in [0.1, 0.15) is 168 Å². The van der Waals surface area contributed by atoms with E-state index < -0.39 is 170 Å². The lowest BCUT2D eigenvalue weighted by Gasteiger charge is -2.24. The zero-order valence-corrected chi connectivity index (χ0v) is 78.5. The smallest absolute Gasteiger partial charge is 0.339 e. The second kappa shape index (κ2) is 48.9. The number of imide groups is 1. The molecule has 1 saturated heterocycles. The van der Waals surface area contributed by atoms with Gasteiger partial charge in [0.1, 0.15) is 23.2 Å². The summed E-state index contributed by atoms with van der Waals surface area (Å²) in [6.45, 7) is 8.04. The maximum absolute atomic E-state index is 13.9. The number of hydrogen-bond donors (Lipinski definition) is 18. The van der Waals surface area contributed by atoms with Gasteiger partial charge in [-0.15, -0.1) is 11.6 Å². The van der Waals surface area contributed by atoms with E-state index in [-0.39, 0.29) is 121 Å². The highest BCUT2D eigenvalue weighted by Crippen LogP contribution is 2.45. The number of carbonyl (C=O) groups is 16. The quantitative estimate of drug-likeness (QED) is 0.00324. The van der Waals surface area contributed by atoms with Crippen molar-refractivity contribution in [3.05, 3.63) is 189 Å². The molecular formula is C95H105ClN20O24S. The number of carbonyl (C=O) groups excluding carboxylic acids is 11. The number of alkyl halides is 1. The molecule has 6 aromatic carbocycles. The summed E-state index contributed by atoms with van der Waals surface area (Å²) in [6.07, 6.45) is -3.86. The standard InChI is InChI=1S/C51H49ClN8O7S.C44H56N12O17/c1-28-9-11-31(12-10-28)50(67-20-18-59-45(61)26-44(68-4)49(59)64)66-19-17-30(3)57-58-51(65)54-35-14-16-39-32(23-35)24-41(55-39)47(62)53-34-13-15-40-33(22-34)25-42(56-40)48(63)60-27-38(52)46-37-8-6-5-7-36(37)29(2)21-43(46)60;1-2-20(41(70)71)13-31(59)29(17-34(64)65)54-39(68)23(16-33(62)63)14-30(58)27(4-3-11-48-43(45)46)52-38(67)22(15-32(60)61)12-26(57)9-10-28(42(72)73)53-37(66)21-5-7-24(8-6-21)49-18-25-19-50-36-35(51-25)40(69)56-44(47)55-36/h5-16,21-25,38,44,50,55-56H,17-20,26-27H2,1-4H3,(H,53,62)(H2,54,58,65);5-8,19-20,22-23,27-29,49H,2-4,9-18H2,1H3,(H,52,67)(H,53,66)(H,54,68)(H,60,61)(H,62,63)(H,64,65)(H,70,71)(H,72,73)(H4,45,46,48)(H3,47,50,55,56,69)/b57-30-;/t;20-,22-,23-,27-,28-,29-/m.0/s1. The minimum atomic E-state index is -1.82. The van der Waals surface area contributed by atoms with E-state index in [0.29, 0.717) is 63.7 Å². The molecule has 44 nitrogen and oxygen atoms in total. The van der Waals surface area contributed by atoms with Crippen molar-refractivity contribution < 1.29 is 112 Å². The lowest BCUT2D eigenvalue weighted by molar-refractivity contribution is -0.155. The average molecular weight is 1980 g/mol. The molecule has 9 atom stereocenters. The predicted octanol–water partition coefficient (Wildman–Crippen LogP) is 8.26. The fraction of sp³-hybridized carbons (Fsp3) is 0.347. The number of urea groups is 1. The third-order valence-electron chi connectivity index (χ3n) is 23.1. The van der Waals surface area contributed by atoms with Crippen LogP contribution in [0, 0.1) is 31.6 Å². The maximum atomic E-state index is 13.9. The Hall–Kier alpha value is -15.9. The first kappa shape index (κ1) is 106. The van der Waals surface area contributed by atoms with Crippen molar-refractivity contribution in [3.8, 4) is 0 Å². The predicted molar refractivity (Wildman–Crippen MR) is 520 cm³/mol. The van der Waals surface area contributed by atoms with Crippen LogP contribution >= 0.6 is 23.4 Å².